The molecule has 1 aliphatic rings. The van der Waals surface area contributed by atoms with Crippen LogP contribution < -0.4 is 0 Å². The van der Waals surface area contributed by atoms with Crippen molar-refractivity contribution in [3.8, 4) is 0 Å². The number of nitrogens with zero attached hydrogens (tertiary/aromatic N) is 1. The summed E-state index contributed by atoms with van der Waals surface area (Å²) in [6, 6.07) is 8.55. The van der Waals surface area contributed by atoms with Gasteiger partial charge >= 0.3 is 0 Å². The maximum Gasteiger partial charge on any atom is 0.146 e. The van der Waals surface area contributed by atoms with E-state index in [0.29, 0.717) is 12.3 Å². The monoisotopic (exact) mass is 203 g/mol. The van der Waals surface area contributed by atoms with Gasteiger partial charge in [-0.1, -0.05) is 29.8 Å². The first-order valence-corrected chi connectivity index (χ1v) is 5.53. The Hall–Kier alpha value is -1.15. The Bertz CT molecular complexity index is 342. The molecule has 1 aromatic rings. The summed E-state index contributed by atoms with van der Waals surface area (Å²) >= 11 is 0. The molecule has 1 heterocycles. The molecule has 0 unspecified atom stereocenters. The topological polar surface area (TPSA) is 20.3 Å². The lowest BCUT2D eigenvalue weighted by atomic mass is 10.1. The van der Waals surface area contributed by atoms with E-state index in [4.69, 9.17) is 0 Å². The summed E-state index contributed by atoms with van der Waals surface area (Å²) in [4.78, 5) is 13.5. The van der Waals surface area contributed by atoms with Crippen LogP contribution in [0.3, 0.4) is 0 Å². The van der Waals surface area contributed by atoms with Crippen molar-refractivity contribution in [3.63, 3.8) is 0 Å². The van der Waals surface area contributed by atoms with Crippen LogP contribution in [0.25, 0.3) is 0 Å². The highest BCUT2D eigenvalue weighted by molar-refractivity contribution is 5.81. The lowest BCUT2D eigenvalue weighted by molar-refractivity contribution is -0.122. The smallest absolute Gasteiger partial charge is 0.146 e. The average molecular weight is 203 g/mol. The van der Waals surface area contributed by atoms with Crippen LogP contribution >= 0.6 is 0 Å². The van der Waals surface area contributed by atoms with Gasteiger partial charge < -0.3 is 0 Å². The molecule has 0 bridgehead atoms. The van der Waals surface area contributed by atoms with Crippen molar-refractivity contribution in [1.82, 2.24) is 4.90 Å². The molecule has 0 saturated carbocycles. The van der Waals surface area contributed by atoms with E-state index in [1.54, 1.807) is 0 Å². The summed E-state index contributed by atoms with van der Waals surface area (Å²) in [6.45, 7) is 4.69. The third-order valence-corrected chi connectivity index (χ3v) is 2.86. The highest BCUT2D eigenvalue weighted by Gasteiger charge is 2.16. The van der Waals surface area contributed by atoms with Crippen molar-refractivity contribution in [1.29, 1.82) is 0 Å². The number of carbonyl (C=O) groups excluding carboxylic acids is 1. The van der Waals surface area contributed by atoms with Gasteiger partial charge in [-0.05, 0) is 25.5 Å². The van der Waals surface area contributed by atoms with Gasteiger partial charge in [0.05, 0.1) is 6.54 Å². The van der Waals surface area contributed by atoms with Crippen LogP contribution in [0.15, 0.2) is 24.3 Å². The number of piperidine rings is 1. The second kappa shape index (κ2) is 4.58. The molecule has 1 aromatic carbocycles. The van der Waals surface area contributed by atoms with Gasteiger partial charge in [-0.3, -0.25) is 9.69 Å². The van der Waals surface area contributed by atoms with Gasteiger partial charge in [-0.2, -0.15) is 0 Å². The maximum atomic E-state index is 11.3. The number of hydrogen-bond donors (Lipinski definition) is 0. The van der Waals surface area contributed by atoms with E-state index in [9.17, 15) is 4.79 Å². The number of rotatable bonds is 2. The van der Waals surface area contributed by atoms with Crippen molar-refractivity contribution >= 4 is 5.78 Å². The first kappa shape index (κ1) is 10.4. The van der Waals surface area contributed by atoms with Gasteiger partial charge in [0.15, 0.2) is 0 Å². The van der Waals surface area contributed by atoms with Crippen molar-refractivity contribution < 1.29 is 4.79 Å². The van der Waals surface area contributed by atoms with Crippen LogP contribution in [-0.2, 0) is 11.3 Å². The highest BCUT2D eigenvalue weighted by atomic mass is 16.1. The molecular weight excluding hydrogens is 186 g/mol. The fraction of sp³-hybridized carbons (Fsp3) is 0.462. The molecule has 80 valence electrons. The fourth-order valence-electron chi connectivity index (χ4n) is 1.99. The molecule has 0 N–H and O–H groups in total. The Morgan fingerprint density at radius 1 is 1.27 bits per heavy atom. The number of carbonyl (C=O) groups is 1. The molecule has 2 rings (SSSR count). The van der Waals surface area contributed by atoms with E-state index >= 15 is 0 Å². The maximum absolute atomic E-state index is 11.3. The molecule has 0 amide bonds. The first-order valence-electron chi connectivity index (χ1n) is 5.53. The molecule has 2 heteroatoms. The van der Waals surface area contributed by atoms with Crippen LogP contribution in [0.5, 0.6) is 0 Å². The van der Waals surface area contributed by atoms with E-state index in [0.717, 1.165) is 25.9 Å². The summed E-state index contributed by atoms with van der Waals surface area (Å²) in [5, 5.41) is 0. The van der Waals surface area contributed by atoms with Crippen LogP contribution in [0.1, 0.15) is 24.0 Å². The van der Waals surface area contributed by atoms with Gasteiger partial charge in [0, 0.05) is 13.0 Å². The lowest BCUT2D eigenvalue weighted by Crippen LogP contribution is -2.34. The number of ketones is 1. The highest BCUT2D eigenvalue weighted by Crippen LogP contribution is 2.11. The van der Waals surface area contributed by atoms with Gasteiger partial charge in [0.25, 0.3) is 0 Å². The molecular formula is C13H17NO. The van der Waals surface area contributed by atoms with Crippen LogP contribution in [0.4, 0.5) is 0 Å². The number of hydrogen-bond acceptors (Lipinski definition) is 2. The fourth-order valence-corrected chi connectivity index (χ4v) is 1.99. The third kappa shape index (κ3) is 2.90. The van der Waals surface area contributed by atoms with Crippen molar-refractivity contribution in [2.24, 2.45) is 0 Å². The number of aryl methyl sites for hydroxylation is 1. The summed E-state index contributed by atoms with van der Waals surface area (Å²) < 4.78 is 0. The largest absolute Gasteiger partial charge is 0.298 e. The molecule has 1 fully saturated rings. The Morgan fingerprint density at radius 3 is 2.67 bits per heavy atom. The normalized spacial score (nSPS) is 18.1. The number of likely N-dealkylation sites (tertiary alicyclic amines) is 1. The zero-order chi connectivity index (χ0) is 10.7. The minimum absolute atomic E-state index is 0.383. The first-order chi connectivity index (χ1) is 7.24. The van der Waals surface area contributed by atoms with E-state index in [1.807, 2.05) is 0 Å². The minimum atomic E-state index is 0.383. The van der Waals surface area contributed by atoms with Crippen LogP contribution in [0.2, 0.25) is 0 Å². The van der Waals surface area contributed by atoms with Crippen LogP contribution in [-0.4, -0.2) is 23.8 Å². The molecule has 0 aromatic heterocycles. The van der Waals surface area contributed by atoms with Gasteiger partial charge in [-0.15, -0.1) is 0 Å². The quantitative estimate of drug-likeness (QED) is 0.734. The molecule has 0 aliphatic carbocycles. The Morgan fingerprint density at radius 2 is 2.00 bits per heavy atom. The summed E-state index contributed by atoms with van der Waals surface area (Å²) in [5.74, 6) is 0.383. The summed E-state index contributed by atoms with van der Waals surface area (Å²) in [6.07, 6.45) is 1.79. The van der Waals surface area contributed by atoms with Crippen molar-refractivity contribution in [3.05, 3.63) is 35.4 Å². The Balaban J connectivity index is 1.96. The van der Waals surface area contributed by atoms with Crippen molar-refractivity contribution in [2.75, 3.05) is 13.1 Å². The third-order valence-electron chi connectivity index (χ3n) is 2.86. The SMILES string of the molecule is Cc1ccc(CN2CCCC(=O)C2)cc1. The van der Waals surface area contributed by atoms with Crippen molar-refractivity contribution in [2.45, 2.75) is 26.3 Å². The molecule has 0 radical (unpaired) electrons. The van der Waals surface area contributed by atoms with Crippen LogP contribution in [0, 0.1) is 6.92 Å². The molecule has 0 atom stereocenters. The molecule has 1 saturated heterocycles. The molecule has 15 heavy (non-hydrogen) atoms. The Labute approximate surface area is 90.9 Å². The van der Waals surface area contributed by atoms with E-state index in [2.05, 4.69) is 36.1 Å². The standard InChI is InChI=1S/C13H17NO/c1-11-4-6-12(7-5-11)9-14-8-2-3-13(15)10-14/h4-7H,2-3,8-10H2,1H3. The molecule has 0 spiro atoms. The molecule has 1 aliphatic heterocycles. The lowest BCUT2D eigenvalue weighted by Gasteiger charge is -2.25. The summed E-state index contributed by atoms with van der Waals surface area (Å²) in [7, 11) is 0. The van der Waals surface area contributed by atoms with Gasteiger partial charge in [0.2, 0.25) is 0 Å². The second-order valence-electron chi connectivity index (χ2n) is 4.34. The van der Waals surface area contributed by atoms with E-state index in [-0.39, 0.29) is 0 Å². The summed E-state index contributed by atoms with van der Waals surface area (Å²) in [5.41, 5.74) is 2.59. The second-order valence-corrected chi connectivity index (χ2v) is 4.34. The number of Topliss-reactive ketones (excluding diaryl/α,β-unsaturated/α-hetero) is 1. The van der Waals surface area contributed by atoms with E-state index in [1.165, 1.54) is 11.1 Å². The predicted octanol–water partition coefficient (Wildman–Crippen LogP) is 2.16. The minimum Gasteiger partial charge on any atom is -0.298 e. The average Bonchev–Trinajstić information content (AvgIpc) is 2.22. The predicted molar refractivity (Wildman–Crippen MR) is 60.7 cm³/mol. The zero-order valence-corrected chi connectivity index (χ0v) is 9.20. The number of benzene rings is 1. The van der Waals surface area contributed by atoms with Gasteiger partial charge in [0.1, 0.15) is 5.78 Å². The molecule has 2 nitrogen and oxygen atoms in total. The van der Waals surface area contributed by atoms with E-state index < -0.39 is 0 Å². The van der Waals surface area contributed by atoms with Gasteiger partial charge in [-0.25, -0.2) is 0 Å². The Kier molecular flexibility index (Phi) is 3.17. The zero-order valence-electron chi connectivity index (χ0n) is 9.20.